The number of halogens is 1. The zero-order chi connectivity index (χ0) is 24.4. The van der Waals surface area contributed by atoms with Crippen molar-refractivity contribution >= 4 is 32.8 Å². The maximum absolute atomic E-state index is 13.6. The summed E-state index contributed by atoms with van der Waals surface area (Å²) in [6, 6.07) is 10.1. The molecule has 0 radical (unpaired) electrons. The lowest BCUT2D eigenvalue weighted by molar-refractivity contribution is 0.0663. The van der Waals surface area contributed by atoms with Crippen LogP contribution in [0.3, 0.4) is 0 Å². The van der Waals surface area contributed by atoms with Crippen molar-refractivity contribution in [3.05, 3.63) is 68.0 Å². The molecule has 1 aromatic heterocycles. The molecule has 180 valence electrons. The van der Waals surface area contributed by atoms with Gasteiger partial charge in [-0.05, 0) is 48.2 Å². The van der Waals surface area contributed by atoms with E-state index in [0.717, 1.165) is 16.5 Å². The average molecular weight is 530 g/mol. The first-order valence-corrected chi connectivity index (χ1v) is 12.0. The summed E-state index contributed by atoms with van der Waals surface area (Å²) in [5, 5.41) is 0.417. The van der Waals surface area contributed by atoms with Gasteiger partial charge in [-0.15, -0.1) is 0 Å². The molecule has 0 spiro atoms. The number of hydrogen-bond acceptors (Lipinski definition) is 6. The molecule has 34 heavy (non-hydrogen) atoms. The first-order valence-electron chi connectivity index (χ1n) is 11.2. The Morgan fingerprint density at radius 1 is 1.06 bits per heavy atom. The first-order chi connectivity index (χ1) is 16.3. The van der Waals surface area contributed by atoms with Crippen LogP contribution in [0.15, 0.2) is 50.1 Å². The molecule has 4 rings (SSSR count). The van der Waals surface area contributed by atoms with Crippen LogP contribution in [-0.4, -0.2) is 44.8 Å². The van der Waals surface area contributed by atoms with Gasteiger partial charge >= 0.3 is 0 Å². The summed E-state index contributed by atoms with van der Waals surface area (Å²) >= 11 is 3.42. The lowest BCUT2D eigenvalue weighted by Gasteiger charge is -2.25. The third-order valence-electron chi connectivity index (χ3n) is 5.92. The molecule has 3 aromatic rings. The number of nitrogens with zero attached hydrogens (tertiary/aromatic N) is 1. The van der Waals surface area contributed by atoms with E-state index in [9.17, 15) is 9.59 Å². The van der Waals surface area contributed by atoms with Gasteiger partial charge in [-0.2, -0.15) is 0 Å². The molecule has 1 atom stereocenters. The molecular formula is C26H28BrNO6. The highest BCUT2D eigenvalue weighted by Crippen LogP contribution is 2.41. The molecule has 1 aliphatic rings. The predicted molar refractivity (Wildman–Crippen MR) is 133 cm³/mol. The molecule has 0 aliphatic carbocycles. The largest absolute Gasteiger partial charge is 0.493 e. The Kier molecular flexibility index (Phi) is 7.28. The molecule has 1 aliphatic heterocycles. The summed E-state index contributed by atoms with van der Waals surface area (Å²) in [7, 11) is 3.15. The summed E-state index contributed by atoms with van der Waals surface area (Å²) in [6.07, 6.45) is 0.921. The van der Waals surface area contributed by atoms with E-state index >= 15 is 0 Å². The van der Waals surface area contributed by atoms with Crippen LogP contribution in [0.4, 0.5) is 0 Å². The Morgan fingerprint density at radius 2 is 1.85 bits per heavy atom. The van der Waals surface area contributed by atoms with Gasteiger partial charge in [0.2, 0.25) is 5.76 Å². The fourth-order valence-electron chi connectivity index (χ4n) is 4.14. The maximum Gasteiger partial charge on any atom is 0.290 e. The number of carbonyl (C=O) groups excluding carboxylic acids is 1. The highest BCUT2D eigenvalue weighted by atomic mass is 79.9. The average Bonchev–Trinajstić information content (AvgIpc) is 3.10. The molecule has 0 fully saturated rings. The Hall–Kier alpha value is -2.84. The second-order valence-electron chi connectivity index (χ2n) is 8.65. The van der Waals surface area contributed by atoms with Gasteiger partial charge < -0.3 is 23.5 Å². The van der Waals surface area contributed by atoms with Crippen LogP contribution < -0.4 is 14.9 Å². The van der Waals surface area contributed by atoms with Crippen molar-refractivity contribution in [1.29, 1.82) is 0 Å². The van der Waals surface area contributed by atoms with E-state index in [4.69, 9.17) is 18.6 Å². The van der Waals surface area contributed by atoms with Gasteiger partial charge in [0.15, 0.2) is 16.9 Å². The predicted octanol–water partition coefficient (Wildman–Crippen LogP) is 5.18. The third-order valence-corrected chi connectivity index (χ3v) is 6.41. The lowest BCUT2D eigenvalue weighted by atomic mass is 9.98. The summed E-state index contributed by atoms with van der Waals surface area (Å²) < 4.78 is 23.5. The molecule has 1 amide bonds. The molecule has 0 bridgehead atoms. The second kappa shape index (κ2) is 10.2. The zero-order valence-electron chi connectivity index (χ0n) is 19.7. The molecule has 1 unspecified atom stereocenters. The fraction of sp³-hybridized carbons (Fsp3) is 0.385. The topological polar surface area (TPSA) is 78.2 Å². The number of rotatable bonds is 9. The SMILES string of the molecule is COCCN1C(=O)c2oc3ccc(Br)cc3c(=O)c2C1c1ccc(OCCC(C)C)c(OC)c1. The first kappa shape index (κ1) is 24.3. The normalized spacial score (nSPS) is 15.3. The van der Waals surface area contributed by atoms with Crippen molar-refractivity contribution in [3.63, 3.8) is 0 Å². The van der Waals surface area contributed by atoms with E-state index < -0.39 is 6.04 Å². The van der Waals surface area contributed by atoms with Gasteiger partial charge in [0.05, 0.1) is 37.3 Å². The Bertz CT molecular complexity index is 1270. The molecule has 2 aromatic carbocycles. The zero-order valence-corrected chi connectivity index (χ0v) is 21.3. The van der Waals surface area contributed by atoms with Gasteiger partial charge in [-0.3, -0.25) is 9.59 Å². The highest BCUT2D eigenvalue weighted by Gasteiger charge is 2.42. The van der Waals surface area contributed by atoms with Gasteiger partial charge in [0, 0.05) is 18.1 Å². The fourth-order valence-corrected chi connectivity index (χ4v) is 4.50. The van der Waals surface area contributed by atoms with Gasteiger partial charge in [-0.1, -0.05) is 35.8 Å². The van der Waals surface area contributed by atoms with Gasteiger partial charge in [0.1, 0.15) is 5.58 Å². The second-order valence-corrected chi connectivity index (χ2v) is 9.57. The van der Waals surface area contributed by atoms with E-state index in [-0.39, 0.29) is 17.1 Å². The Balaban J connectivity index is 1.82. The molecule has 2 heterocycles. The number of fused-ring (bicyclic) bond motifs is 2. The molecule has 0 saturated carbocycles. The van der Waals surface area contributed by atoms with Crippen LogP contribution in [0.25, 0.3) is 11.0 Å². The van der Waals surface area contributed by atoms with Crippen LogP contribution >= 0.6 is 15.9 Å². The van der Waals surface area contributed by atoms with Crippen molar-refractivity contribution in [3.8, 4) is 11.5 Å². The smallest absolute Gasteiger partial charge is 0.290 e. The van der Waals surface area contributed by atoms with Crippen molar-refractivity contribution in [2.24, 2.45) is 5.92 Å². The molecular weight excluding hydrogens is 502 g/mol. The minimum Gasteiger partial charge on any atom is -0.493 e. The summed E-state index contributed by atoms with van der Waals surface area (Å²) in [5.41, 5.74) is 1.20. The van der Waals surface area contributed by atoms with Crippen LogP contribution in [0.2, 0.25) is 0 Å². The van der Waals surface area contributed by atoms with Crippen molar-refractivity contribution in [2.75, 3.05) is 34.0 Å². The minimum atomic E-state index is -0.629. The summed E-state index contributed by atoms with van der Waals surface area (Å²) in [5.74, 6) is 1.41. The van der Waals surface area contributed by atoms with Crippen molar-refractivity contribution < 1.29 is 23.4 Å². The standard InChI is InChI=1S/C26H28BrNO6/c1-15(2)9-11-33-20-7-5-16(13-21(20)32-4)23-22-24(29)18-14-17(27)6-8-19(18)34-25(22)26(30)28(23)10-12-31-3/h5-8,13-15,23H,9-12H2,1-4H3. The van der Waals surface area contributed by atoms with Crippen molar-refractivity contribution in [1.82, 2.24) is 4.90 Å². The number of hydrogen-bond donors (Lipinski definition) is 0. The van der Waals surface area contributed by atoms with E-state index in [1.807, 2.05) is 18.2 Å². The summed E-state index contributed by atoms with van der Waals surface area (Å²) in [4.78, 5) is 28.6. The van der Waals surface area contributed by atoms with Gasteiger partial charge in [0.25, 0.3) is 5.91 Å². The number of amides is 1. The molecule has 7 nitrogen and oxygen atoms in total. The Labute approximate surface area is 206 Å². The minimum absolute atomic E-state index is 0.0668. The van der Waals surface area contributed by atoms with Crippen molar-refractivity contribution in [2.45, 2.75) is 26.3 Å². The van der Waals surface area contributed by atoms with E-state index in [1.54, 1.807) is 37.3 Å². The third kappa shape index (κ3) is 4.57. The number of carbonyl (C=O) groups is 1. The summed E-state index contributed by atoms with van der Waals surface area (Å²) in [6.45, 7) is 5.48. The maximum atomic E-state index is 13.6. The molecule has 0 saturated heterocycles. The number of ether oxygens (including phenoxy) is 3. The lowest BCUT2D eigenvalue weighted by Crippen LogP contribution is -2.32. The highest BCUT2D eigenvalue weighted by molar-refractivity contribution is 9.10. The van der Waals surface area contributed by atoms with Crippen LogP contribution in [0.1, 0.15) is 48.0 Å². The van der Waals surface area contributed by atoms with Crippen LogP contribution in [0.5, 0.6) is 11.5 Å². The van der Waals surface area contributed by atoms with E-state index in [1.165, 1.54) is 0 Å². The van der Waals surface area contributed by atoms with E-state index in [0.29, 0.717) is 53.7 Å². The quantitative estimate of drug-likeness (QED) is 0.380. The molecule has 8 heteroatoms. The van der Waals surface area contributed by atoms with Crippen LogP contribution in [0, 0.1) is 5.92 Å². The molecule has 0 N–H and O–H groups in total. The van der Waals surface area contributed by atoms with E-state index in [2.05, 4.69) is 29.8 Å². The Morgan fingerprint density at radius 3 is 2.56 bits per heavy atom. The number of methoxy groups -OCH3 is 2. The van der Waals surface area contributed by atoms with Gasteiger partial charge in [-0.25, -0.2) is 0 Å². The van der Waals surface area contributed by atoms with Crippen LogP contribution in [-0.2, 0) is 4.74 Å². The number of benzene rings is 2. The monoisotopic (exact) mass is 529 g/mol.